The molecule has 0 aromatic carbocycles. The van der Waals surface area contributed by atoms with Crippen LogP contribution in [0.4, 0.5) is 0 Å². The van der Waals surface area contributed by atoms with E-state index in [0.717, 1.165) is 25.8 Å². The van der Waals surface area contributed by atoms with Gasteiger partial charge in [-0.1, -0.05) is 6.42 Å². The lowest BCUT2D eigenvalue weighted by atomic mass is 10.0. The Bertz CT molecular complexity index is 225. The van der Waals surface area contributed by atoms with Crippen molar-refractivity contribution in [2.24, 2.45) is 0 Å². The maximum absolute atomic E-state index is 11.7. The molecule has 2 atom stereocenters. The van der Waals surface area contributed by atoms with Crippen LogP contribution in [0, 0.1) is 0 Å². The number of aliphatic hydroxyl groups is 1. The van der Waals surface area contributed by atoms with Crippen molar-refractivity contribution < 1.29 is 14.6 Å². The molecule has 0 saturated carbocycles. The first-order chi connectivity index (χ1) is 7.69. The van der Waals surface area contributed by atoms with Gasteiger partial charge in [-0.3, -0.25) is 9.69 Å². The van der Waals surface area contributed by atoms with E-state index in [0.29, 0.717) is 13.2 Å². The predicted octanol–water partition coefficient (Wildman–Crippen LogP) is 1.00. The predicted molar refractivity (Wildman–Crippen MR) is 62.6 cm³/mol. The van der Waals surface area contributed by atoms with Crippen LogP contribution >= 0.6 is 11.6 Å². The quantitative estimate of drug-likeness (QED) is 0.584. The maximum Gasteiger partial charge on any atom is 0.323 e. The molecule has 5 heteroatoms. The molecule has 0 bridgehead atoms. The van der Waals surface area contributed by atoms with E-state index < -0.39 is 6.10 Å². The van der Waals surface area contributed by atoms with Crippen molar-refractivity contribution in [2.45, 2.75) is 38.3 Å². The van der Waals surface area contributed by atoms with E-state index in [1.54, 1.807) is 6.92 Å². The molecule has 0 aliphatic carbocycles. The lowest BCUT2D eigenvalue weighted by Crippen LogP contribution is -2.48. The van der Waals surface area contributed by atoms with Gasteiger partial charge in [0, 0.05) is 12.4 Å². The summed E-state index contributed by atoms with van der Waals surface area (Å²) in [6, 6.07) is -0.202. The summed E-state index contributed by atoms with van der Waals surface area (Å²) in [5, 5.41) is 9.51. The number of aliphatic hydroxyl groups excluding tert-OH is 1. The Kier molecular flexibility index (Phi) is 6.09. The minimum Gasteiger partial charge on any atom is -0.465 e. The molecule has 0 spiro atoms. The van der Waals surface area contributed by atoms with Gasteiger partial charge in [0.1, 0.15) is 6.04 Å². The molecule has 1 aliphatic heterocycles. The third kappa shape index (κ3) is 3.92. The van der Waals surface area contributed by atoms with Crippen LogP contribution in [0.2, 0.25) is 0 Å². The number of nitrogens with zero attached hydrogens (tertiary/aromatic N) is 1. The Hall–Kier alpha value is -0.320. The van der Waals surface area contributed by atoms with E-state index in [-0.39, 0.29) is 17.9 Å². The standard InChI is InChI=1S/C11H20ClNO3/c1-2-16-11(15)10-5-3-4-6-13(10)8-9(14)7-12/h9-10,14H,2-8H2,1H3. The summed E-state index contributed by atoms with van der Waals surface area (Å²) in [7, 11) is 0. The van der Waals surface area contributed by atoms with E-state index in [1.807, 2.05) is 4.90 Å². The van der Waals surface area contributed by atoms with E-state index in [4.69, 9.17) is 16.3 Å². The second-order valence-corrected chi connectivity index (χ2v) is 4.38. The molecule has 0 radical (unpaired) electrons. The molecular formula is C11H20ClNO3. The van der Waals surface area contributed by atoms with Gasteiger partial charge in [-0.15, -0.1) is 11.6 Å². The van der Waals surface area contributed by atoms with Gasteiger partial charge in [-0.25, -0.2) is 0 Å². The number of hydrogen-bond acceptors (Lipinski definition) is 4. The molecule has 0 aromatic heterocycles. The van der Waals surface area contributed by atoms with E-state index in [9.17, 15) is 9.90 Å². The van der Waals surface area contributed by atoms with Crippen LogP contribution in [0.15, 0.2) is 0 Å². The topological polar surface area (TPSA) is 49.8 Å². The first kappa shape index (κ1) is 13.7. The first-order valence-electron chi connectivity index (χ1n) is 5.83. The normalized spacial score (nSPS) is 24.1. The fourth-order valence-corrected chi connectivity index (χ4v) is 2.13. The summed E-state index contributed by atoms with van der Waals surface area (Å²) in [4.78, 5) is 13.7. The van der Waals surface area contributed by atoms with Crippen LogP contribution in [0.1, 0.15) is 26.2 Å². The number of rotatable bonds is 5. The Balaban J connectivity index is 2.52. The Morgan fingerprint density at radius 2 is 2.38 bits per heavy atom. The van der Waals surface area contributed by atoms with Gasteiger partial charge in [-0.05, 0) is 26.3 Å². The van der Waals surface area contributed by atoms with Crippen LogP contribution in [0.25, 0.3) is 0 Å². The second-order valence-electron chi connectivity index (χ2n) is 4.07. The van der Waals surface area contributed by atoms with E-state index >= 15 is 0 Å². The molecule has 1 aliphatic rings. The van der Waals surface area contributed by atoms with Crippen molar-refractivity contribution in [3.8, 4) is 0 Å². The zero-order valence-electron chi connectivity index (χ0n) is 9.69. The van der Waals surface area contributed by atoms with Gasteiger partial charge >= 0.3 is 5.97 Å². The fraction of sp³-hybridized carbons (Fsp3) is 0.909. The molecule has 1 rings (SSSR count). The Morgan fingerprint density at radius 1 is 1.62 bits per heavy atom. The minimum absolute atomic E-state index is 0.177. The van der Waals surface area contributed by atoms with Crippen molar-refractivity contribution in [1.82, 2.24) is 4.90 Å². The summed E-state index contributed by atoms with van der Waals surface area (Å²) in [5.74, 6) is 0.0236. The van der Waals surface area contributed by atoms with Crippen molar-refractivity contribution in [1.29, 1.82) is 0 Å². The van der Waals surface area contributed by atoms with Gasteiger partial charge in [0.2, 0.25) is 0 Å². The number of carbonyl (C=O) groups excluding carboxylic acids is 1. The van der Waals surface area contributed by atoms with Crippen LogP contribution in [0.5, 0.6) is 0 Å². The Labute approximate surface area is 102 Å². The average molecular weight is 250 g/mol. The van der Waals surface area contributed by atoms with Crippen LogP contribution in [-0.4, -0.2) is 53.7 Å². The highest BCUT2D eigenvalue weighted by molar-refractivity contribution is 6.18. The zero-order valence-corrected chi connectivity index (χ0v) is 10.4. The molecule has 2 unspecified atom stereocenters. The molecule has 4 nitrogen and oxygen atoms in total. The summed E-state index contributed by atoms with van der Waals surface area (Å²) in [6.07, 6.45) is 2.34. The molecule has 1 N–H and O–H groups in total. The van der Waals surface area contributed by atoms with Crippen molar-refractivity contribution in [3.05, 3.63) is 0 Å². The van der Waals surface area contributed by atoms with E-state index in [1.165, 1.54) is 0 Å². The van der Waals surface area contributed by atoms with Crippen molar-refractivity contribution in [3.63, 3.8) is 0 Å². The highest BCUT2D eigenvalue weighted by atomic mass is 35.5. The zero-order chi connectivity index (χ0) is 12.0. The number of alkyl halides is 1. The number of halogens is 1. The summed E-state index contributed by atoms with van der Waals surface area (Å²) in [5.41, 5.74) is 0. The van der Waals surface area contributed by atoms with Crippen molar-refractivity contribution >= 4 is 17.6 Å². The molecule has 0 aromatic rings. The molecule has 16 heavy (non-hydrogen) atoms. The molecule has 1 heterocycles. The summed E-state index contributed by atoms with van der Waals surface area (Å²) in [6.45, 7) is 3.49. The third-order valence-electron chi connectivity index (χ3n) is 2.80. The van der Waals surface area contributed by atoms with Gasteiger partial charge in [0.25, 0.3) is 0 Å². The van der Waals surface area contributed by atoms with Gasteiger partial charge in [0.05, 0.1) is 12.7 Å². The maximum atomic E-state index is 11.7. The number of likely N-dealkylation sites (tertiary alicyclic amines) is 1. The minimum atomic E-state index is -0.573. The summed E-state index contributed by atoms with van der Waals surface area (Å²) >= 11 is 5.57. The van der Waals surface area contributed by atoms with Gasteiger partial charge in [0.15, 0.2) is 0 Å². The number of piperidine rings is 1. The Morgan fingerprint density at radius 3 is 3.00 bits per heavy atom. The van der Waals surface area contributed by atoms with Crippen LogP contribution < -0.4 is 0 Å². The molecule has 0 amide bonds. The van der Waals surface area contributed by atoms with E-state index in [2.05, 4.69) is 0 Å². The van der Waals surface area contributed by atoms with Crippen LogP contribution in [0.3, 0.4) is 0 Å². The average Bonchev–Trinajstić information content (AvgIpc) is 2.30. The van der Waals surface area contributed by atoms with Crippen molar-refractivity contribution in [2.75, 3.05) is 25.6 Å². The SMILES string of the molecule is CCOC(=O)C1CCCCN1CC(O)CCl. The number of β-amino-alcohol motifs (C(OH)–C–C–N with tert-alkyl or cyclic N) is 1. The lowest BCUT2D eigenvalue weighted by Gasteiger charge is -2.34. The lowest BCUT2D eigenvalue weighted by molar-refractivity contribution is -0.151. The smallest absolute Gasteiger partial charge is 0.323 e. The van der Waals surface area contributed by atoms with Gasteiger partial charge in [-0.2, -0.15) is 0 Å². The monoisotopic (exact) mass is 249 g/mol. The van der Waals surface area contributed by atoms with Gasteiger partial charge < -0.3 is 9.84 Å². The molecular weight excluding hydrogens is 230 g/mol. The first-order valence-corrected chi connectivity index (χ1v) is 6.37. The largest absolute Gasteiger partial charge is 0.465 e. The fourth-order valence-electron chi connectivity index (χ4n) is 2.03. The number of esters is 1. The number of hydrogen-bond donors (Lipinski definition) is 1. The second kappa shape index (κ2) is 7.09. The highest BCUT2D eigenvalue weighted by Crippen LogP contribution is 2.18. The summed E-state index contributed by atoms with van der Waals surface area (Å²) < 4.78 is 5.03. The third-order valence-corrected chi connectivity index (χ3v) is 3.15. The van der Waals surface area contributed by atoms with Crippen LogP contribution in [-0.2, 0) is 9.53 Å². The highest BCUT2D eigenvalue weighted by Gasteiger charge is 2.30. The number of carbonyl (C=O) groups is 1. The number of ether oxygens (including phenoxy) is 1. The molecule has 1 fully saturated rings. The molecule has 1 saturated heterocycles. The molecule has 94 valence electrons.